The van der Waals surface area contributed by atoms with E-state index in [1.54, 1.807) is 0 Å². The van der Waals surface area contributed by atoms with E-state index in [1.807, 2.05) is 19.9 Å². The summed E-state index contributed by atoms with van der Waals surface area (Å²) in [5, 5.41) is 3.27. The van der Waals surface area contributed by atoms with Crippen molar-refractivity contribution in [2.75, 3.05) is 38.6 Å². The van der Waals surface area contributed by atoms with Gasteiger partial charge in [-0.2, -0.15) is 0 Å². The number of nitrogens with zero attached hydrogens (tertiary/aromatic N) is 3. The number of hydrogen-bond acceptors (Lipinski definition) is 6. The minimum Gasteiger partial charge on any atom is -0.475 e. The van der Waals surface area contributed by atoms with Crippen molar-refractivity contribution < 1.29 is 9.47 Å². The van der Waals surface area contributed by atoms with Gasteiger partial charge >= 0.3 is 0 Å². The largest absolute Gasteiger partial charge is 0.475 e. The molecule has 1 N–H and O–H groups in total. The van der Waals surface area contributed by atoms with E-state index in [4.69, 9.17) is 9.47 Å². The van der Waals surface area contributed by atoms with Crippen LogP contribution in [-0.4, -0.2) is 60.4 Å². The molecule has 1 aromatic heterocycles. The molecule has 1 aliphatic heterocycles. The normalized spacial score (nSPS) is 20.5. The van der Waals surface area contributed by atoms with Crippen LogP contribution in [-0.2, 0) is 4.74 Å². The highest BCUT2D eigenvalue weighted by Crippen LogP contribution is 2.13. The zero-order valence-corrected chi connectivity index (χ0v) is 11.8. The van der Waals surface area contributed by atoms with Gasteiger partial charge in [0.15, 0.2) is 0 Å². The summed E-state index contributed by atoms with van der Waals surface area (Å²) in [7, 11) is 2.11. The van der Waals surface area contributed by atoms with E-state index in [1.165, 1.54) is 6.33 Å². The smallest absolute Gasteiger partial charge is 0.218 e. The molecule has 6 heteroatoms. The highest BCUT2D eigenvalue weighted by atomic mass is 16.5. The Morgan fingerprint density at radius 1 is 1.53 bits per heavy atom. The fraction of sp³-hybridized carbons (Fsp3) is 0.692. The number of nitrogens with one attached hydrogen (secondary N) is 1. The van der Waals surface area contributed by atoms with Crippen molar-refractivity contribution in [3.8, 4) is 5.88 Å². The number of ether oxygens (including phenoxy) is 2. The summed E-state index contributed by atoms with van der Waals surface area (Å²) < 4.78 is 11.2. The fourth-order valence-electron chi connectivity index (χ4n) is 1.95. The summed E-state index contributed by atoms with van der Waals surface area (Å²) in [5.41, 5.74) is 0. The summed E-state index contributed by atoms with van der Waals surface area (Å²) in [6.07, 6.45) is 1.81. The van der Waals surface area contributed by atoms with E-state index >= 15 is 0 Å². The molecule has 1 unspecified atom stereocenters. The van der Waals surface area contributed by atoms with E-state index in [2.05, 4.69) is 27.2 Å². The molecule has 0 radical (unpaired) electrons. The first-order valence-electron chi connectivity index (χ1n) is 6.66. The second-order valence-electron chi connectivity index (χ2n) is 5.04. The van der Waals surface area contributed by atoms with Crippen LogP contribution in [0.3, 0.4) is 0 Å². The predicted octanol–water partition coefficient (Wildman–Crippen LogP) is 1.01. The number of morpholine rings is 1. The summed E-state index contributed by atoms with van der Waals surface area (Å²) in [4.78, 5) is 10.5. The third-order valence-electron chi connectivity index (χ3n) is 2.85. The zero-order valence-electron chi connectivity index (χ0n) is 11.8. The molecule has 1 atom stereocenters. The number of aromatic nitrogens is 2. The van der Waals surface area contributed by atoms with Crippen molar-refractivity contribution in [1.82, 2.24) is 14.9 Å². The highest BCUT2D eigenvalue weighted by molar-refractivity contribution is 5.37. The molecule has 1 saturated heterocycles. The standard InChI is InChI=1S/C13H22N4O2/c1-10(2)19-13-6-12(15-9-16-13)14-7-11-8-17(3)4-5-18-11/h6,9-11H,4-5,7-8H2,1-3H3,(H,14,15,16). The lowest BCUT2D eigenvalue weighted by Crippen LogP contribution is -2.43. The summed E-state index contributed by atoms with van der Waals surface area (Å²) in [6, 6.07) is 1.81. The summed E-state index contributed by atoms with van der Waals surface area (Å²) >= 11 is 0. The van der Waals surface area contributed by atoms with Crippen molar-refractivity contribution in [1.29, 1.82) is 0 Å². The number of anilines is 1. The molecule has 2 rings (SSSR count). The maximum Gasteiger partial charge on any atom is 0.218 e. The Hall–Kier alpha value is -1.40. The van der Waals surface area contributed by atoms with Gasteiger partial charge in [0.25, 0.3) is 0 Å². The lowest BCUT2D eigenvalue weighted by atomic mass is 10.3. The lowest BCUT2D eigenvalue weighted by molar-refractivity contribution is -0.0117. The van der Waals surface area contributed by atoms with Crippen LogP contribution in [0, 0.1) is 0 Å². The van der Waals surface area contributed by atoms with E-state index < -0.39 is 0 Å². The quantitative estimate of drug-likeness (QED) is 0.858. The molecule has 106 valence electrons. The monoisotopic (exact) mass is 266 g/mol. The molecule has 0 saturated carbocycles. The topological polar surface area (TPSA) is 59.5 Å². The van der Waals surface area contributed by atoms with Crippen LogP contribution < -0.4 is 10.1 Å². The highest BCUT2D eigenvalue weighted by Gasteiger charge is 2.17. The van der Waals surface area contributed by atoms with Gasteiger partial charge in [0.05, 0.1) is 18.8 Å². The van der Waals surface area contributed by atoms with Gasteiger partial charge in [0.2, 0.25) is 5.88 Å². The van der Waals surface area contributed by atoms with E-state index in [-0.39, 0.29) is 12.2 Å². The minimum atomic E-state index is 0.109. The molecule has 0 spiro atoms. The summed E-state index contributed by atoms with van der Waals surface area (Å²) in [6.45, 7) is 7.41. The maximum atomic E-state index is 5.69. The van der Waals surface area contributed by atoms with Crippen molar-refractivity contribution in [3.05, 3.63) is 12.4 Å². The number of rotatable bonds is 5. The van der Waals surface area contributed by atoms with Crippen LogP contribution in [0.2, 0.25) is 0 Å². The van der Waals surface area contributed by atoms with Crippen LogP contribution in [0.15, 0.2) is 12.4 Å². The predicted molar refractivity (Wildman–Crippen MR) is 73.5 cm³/mol. The Labute approximate surface area is 114 Å². The zero-order chi connectivity index (χ0) is 13.7. The molecule has 0 amide bonds. The van der Waals surface area contributed by atoms with Gasteiger partial charge in [-0.05, 0) is 20.9 Å². The van der Waals surface area contributed by atoms with Gasteiger partial charge in [-0.1, -0.05) is 0 Å². The van der Waals surface area contributed by atoms with Gasteiger partial charge in [0.1, 0.15) is 12.1 Å². The van der Waals surface area contributed by atoms with Crippen LogP contribution in [0.5, 0.6) is 5.88 Å². The van der Waals surface area contributed by atoms with Gasteiger partial charge in [0, 0.05) is 25.7 Å². The third kappa shape index (κ3) is 4.65. The molecule has 0 bridgehead atoms. The van der Waals surface area contributed by atoms with Crippen molar-refractivity contribution in [2.24, 2.45) is 0 Å². The molecule has 0 aliphatic carbocycles. The van der Waals surface area contributed by atoms with Crippen molar-refractivity contribution >= 4 is 5.82 Å². The second kappa shape index (κ2) is 6.68. The fourth-order valence-corrected chi connectivity index (χ4v) is 1.95. The molecular formula is C13H22N4O2. The van der Waals surface area contributed by atoms with Crippen molar-refractivity contribution in [3.63, 3.8) is 0 Å². The molecule has 1 fully saturated rings. The molecule has 2 heterocycles. The van der Waals surface area contributed by atoms with Crippen LogP contribution in [0.1, 0.15) is 13.8 Å². The lowest BCUT2D eigenvalue weighted by Gasteiger charge is -2.30. The Kier molecular flexibility index (Phi) is 4.93. The van der Waals surface area contributed by atoms with Gasteiger partial charge in [-0.3, -0.25) is 0 Å². The van der Waals surface area contributed by atoms with E-state index in [9.17, 15) is 0 Å². The molecule has 1 aliphatic rings. The molecule has 6 nitrogen and oxygen atoms in total. The van der Waals surface area contributed by atoms with Crippen LogP contribution in [0.4, 0.5) is 5.82 Å². The number of hydrogen-bond donors (Lipinski definition) is 1. The van der Waals surface area contributed by atoms with Crippen LogP contribution >= 0.6 is 0 Å². The van der Waals surface area contributed by atoms with Gasteiger partial charge in [-0.15, -0.1) is 0 Å². The van der Waals surface area contributed by atoms with Crippen molar-refractivity contribution in [2.45, 2.75) is 26.1 Å². The third-order valence-corrected chi connectivity index (χ3v) is 2.85. The first-order chi connectivity index (χ1) is 9.13. The average Bonchev–Trinajstić information content (AvgIpc) is 2.36. The van der Waals surface area contributed by atoms with E-state index in [0.29, 0.717) is 5.88 Å². The number of likely N-dealkylation sites (N-methyl/N-ethyl adjacent to an activating group) is 1. The Morgan fingerprint density at radius 3 is 3.11 bits per heavy atom. The Balaban J connectivity index is 1.85. The summed E-state index contributed by atoms with van der Waals surface area (Å²) in [5.74, 6) is 1.36. The molecule has 0 aromatic carbocycles. The minimum absolute atomic E-state index is 0.109. The van der Waals surface area contributed by atoms with Crippen LogP contribution in [0.25, 0.3) is 0 Å². The first-order valence-corrected chi connectivity index (χ1v) is 6.66. The Bertz CT molecular complexity index is 400. The maximum absolute atomic E-state index is 5.69. The van der Waals surface area contributed by atoms with Gasteiger partial charge in [-0.25, -0.2) is 9.97 Å². The second-order valence-corrected chi connectivity index (χ2v) is 5.04. The van der Waals surface area contributed by atoms with E-state index in [0.717, 1.165) is 32.1 Å². The first kappa shape index (κ1) is 14.0. The SMILES string of the molecule is CC(C)Oc1cc(NCC2CN(C)CCO2)ncn1. The Morgan fingerprint density at radius 2 is 2.37 bits per heavy atom. The average molecular weight is 266 g/mol. The van der Waals surface area contributed by atoms with Gasteiger partial charge < -0.3 is 19.7 Å². The molecule has 1 aromatic rings. The molecular weight excluding hydrogens is 244 g/mol. The molecule has 19 heavy (non-hydrogen) atoms.